The van der Waals surface area contributed by atoms with Gasteiger partial charge in [0, 0.05) is 19.2 Å². The fourth-order valence-corrected chi connectivity index (χ4v) is 2.64. The molecular formula is C22H35IN4O3. The number of halogens is 1. The summed E-state index contributed by atoms with van der Waals surface area (Å²) in [5.74, 6) is 1.89. The van der Waals surface area contributed by atoms with Crippen molar-refractivity contribution >= 4 is 29.9 Å². The number of benzene rings is 1. The van der Waals surface area contributed by atoms with E-state index in [9.17, 15) is 0 Å². The van der Waals surface area contributed by atoms with Gasteiger partial charge in [-0.15, -0.1) is 24.0 Å². The highest BCUT2D eigenvalue weighted by molar-refractivity contribution is 14.0. The van der Waals surface area contributed by atoms with Crippen LogP contribution in [-0.2, 0) is 29.2 Å². The second-order valence-electron chi connectivity index (χ2n) is 6.99. The maximum Gasteiger partial charge on any atom is 0.191 e. The number of rotatable bonds is 12. The molecule has 0 aliphatic carbocycles. The highest BCUT2D eigenvalue weighted by Gasteiger charge is 2.08. The van der Waals surface area contributed by atoms with Crippen molar-refractivity contribution in [2.75, 3.05) is 26.4 Å². The Hall–Kier alpha value is -1.65. The summed E-state index contributed by atoms with van der Waals surface area (Å²) in [4.78, 5) is 4.67. The van der Waals surface area contributed by atoms with E-state index in [-0.39, 0.29) is 24.0 Å². The Morgan fingerprint density at radius 3 is 2.57 bits per heavy atom. The molecular weight excluding hydrogens is 495 g/mol. The Morgan fingerprint density at radius 1 is 1.10 bits per heavy atom. The van der Waals surface area contributed by atoms with Gasteiger partial charge in [-0.05, 0) is 30.9 Å². The molecule has 2 aromatic rings. The lowest BCUT2D eigenvalue weighted by Gasteiger charge is -2.10. The summed E-state index contributed by atoms with van der Waals surface area (Å²) in [6.07, 6.45) is 0. The summed E-state index contributed by atoms with van der Waals surface area (Å²) in [5, 5.41) is 10.6. The summed E-state index contributed by atoms with van der Waals surface area (Å²) in [7, 11) is 0. The minimum absolute atomic E-state index is 0. The molecule has 168 valence electrons. The molecule has 0 fully saturated rings. The smallest absolute Gasteiger partial charge is 0.191 e. The third kappa shape index (κ3) is 9.90. The van der Waals surface area contributed by atoms with Gasteiger partial charge in [0.15, 0.2) is 11.7 Å². The van der Waals surface area contributed by atoms with Crippen LogP contribution < -0.4 is 10.6 Å². The SMILES string of the molecule is CCNC(=NCc1cccc(COCCOCC)c1)NCc1cc(C(C)C)no1.I. The first-order chi connectivity index (χ1) is 14.1. The summed E-state index contributed by atoms with van der Waals surface area (Å²) < 4.78 is 16.3. The Kier molecular flexibility index (Phi) is 13.4. The fourth-order valence-electron chi connectivity index (χ4n) is 2.64. The van der Waals surface area contributed by atoms with E-state index in [1.807, 2.05) is 26.0 Å². The van der Waals surface area contributed by atoms with Crippen molar-refractivity contribution in [3.63, 3.8) is 0 Å². The van der Waals surface area contributed by atoms with E-state index in [1.165, 1.54) is 0 Å². The van der Waals surface area contributed by atoms with Crippen molar-refractivity contribution < 1.29 is 14.0 Å². The van der Waals surface area contributed by atoms with Gasteiger partial charge in [-0.1, -0.05) is 43.3 Å². The molecule has 0 saturated heterocycles. The lowest BCUT2D eigenvalue weighted by molar-refractivity contribution is 0.0453. The average molecular weight is 530 g/mol. The maximum absolute atomic E-state index is 5.65. The van der Waals surface area contributed by atoms with Gasteiger partial charge in [-0.3, -0.25) is 0 Å². The van der Waals surface area contributed by atoms with Crippen molar-refractivity contribution in [1.82, 2.24) is 15.8 Å². The molecule has 0 spiro atoms. The first kappa shape index (κ1) is 26.4. The molecule has 0 aliphatic heterocycles. The molecule has 30 heavy (non-hydrogen) atoms. The van der Waals surface area contributed by atoms with Gasteiger partial charge in [0.2, 0.25) is 0 Å². The van der Waals surface area contributed by atoms with Crippen LogP contribution in [0.2, 0.25) is 0 Å². The Bertz CT molecular complexity index is 749. The summed E-state index contributed by atoms with van der Waals surface area (Å²) in [6, 6.07) is 10.3. The van der Waals surface area contributed by atoms with E-state index in [0.717, 1.165) is 35.1 Å². The maximum atomic E-state index is 5.65. The highest BCUT2D eigenvalue weighted by Crippen LogP contribution is 2.13. The molecule has 1 heterocycles. The van der Waals surface area contributed by atoms with Crippen molar-refractivity contribution in [3.8, 4) is 0 Å². The topological polar surface area (TPSA) is 80.9 Å². The second kappa shape index (κ2) is 15.2. The van der Waals surface area contributed by atoms with Gasteiger partial charge < -0.3 is 24.6 Å². The summed E-state index contributed by atoms with van der Waals surface area (Å²) in [5.41, 5.74) is 3.23. The molecule has 2 N–H and O–H groups in total. The van der Waals surface area contributed by atoms with Gasteiger partial charge in [0.05, 0.1) is 38.6 Å². The minimum atomic E-state index is 0. The second-order valence-corrected chi connectivity index (χ2v) is 6.99. The molecule has 1 aromatic carbocycles. The van der Waals surface area contributed by atoms with E-state index in [0.29, 0.717) is 45.4 Å². The zero-order chi connectivity index (χ0) is 20.9. The Labute approximate surface area is 197 Å². The largest absolute Gasteiger partial charge is 0.379 e. The van der Waals surface area contributed by atoms with Gasteiger partial charge >= 0.3 is 0 Å². The van der Waals surface area contributed by atoms with E-state index < -0.39 is 0 Å². The summed E-state index contributed by atoms with van der Waals surface area (Å²) >= 11 is 0. The Morgan fingerprint density at radius 2 is 1.87 bits per heavy atom. The molecule has 8 heteroatoms. The molecule has 0 saturated carbocycles. The van der Waals surface area contributed by atoms with Crippen molar-refractivity contribution in [2.24, 2.45) is 4.99 Å². The van der Waals surface area contributed by atoms with Crippen LogP contribution in [0.25, 0.3) is 0 Å². The van der Waals surface area contributed by atoms with E-state index in [2.05, 4.69) is 52.8 Å². The molecule has 2 rings (SSSR count). The molecule has 0 atom stereocenters. The quantitative estimate of drug-likeness (QED) is 0.185. The van der Waals surface area contributed by atoms with Crippen LogP contribution in [0.15, 0.2) is 39.8 Å². The van der Waals surface area contributed by atoms with Gasteiger partial charge in [-0.25, -0.2) is 4.99 Å². The van der Waals surface area contributed by atoms with Crippen molar-refractivity contribution in [1.29, 1.82) is 0 Å². The van der Waals surface area contributed by atoms with E-state index in [1.54, 1.807) is 0 Å². The number of nitrogens with zero attached hydrogens (tertiary/aromatic N) is 2. The van der Waals surface area contributed by atoms with Crippen LogP contribution >= 0.6 is 24.0 Å². The Balaban J connectivity index is 0.00000450. The third-order valence-corrected chi connectivity index (χ3v) is 4.20. The first-order valence-electron chi connectivity index (χ1n) is 10.3. The zero-order valence-corrected chi connectivity index (χ0v) is 20.8. The zero-order valence-electron chi connectivity index (χ0n) is 18.4. The number of hydrogen-bond acceptors (Lipinski definition) is 5. The lowest BCUT2D eigenvalue weighted by atomic mass is 10.1. The lowest BCUT2D eigenvalue weighted by Crippen LogP contribution is -2.36. The van der Waals surface area contributed by atoms with Crippen LogP contribution in [0.3, 0.4) is 0 Å². The van der Waals surface area contributed by atoms with E-state index >= 15 is 0 Å². The third-order valence-electron chi connectivity index (χ3n) is 4.20. The number of ether oxygens (including phenoxy) is 2. The predicted molar refractivity (Wildman–Crippen MR) is 130 cm³/mol. The number of aliphatic imine (C=N–C) groups is 1. The summed E-state index contributed by atoms with van der Waals surface area (Å²) in [6.45, 7) is 12.6. The molecule has 0 unspecified atom stereocenters. The molecule has 0 bridgehead atoms. The van der Waals surface area contributed by atoms with Crippen LogP contribution in [-0.4, -0.2) is 37.5 Å². The molecule has 7 nitrogen and oxygen atoms in total. The minimum Gasteiger partial charge on any atom is -0.379 e. The van der Waals surface area contributed by atoms with Gasteiger partial charge in [0.25, 0.3) is 0 Å². The number of aromatic nitrogens is 1. The van der Waals surface area contributed by atoms with Crippen molar-refractivity contribution in [3.05, 3.63) is 52.9 Å². The first-order valence-corrected chi connectivity index (χ1v) is 10.3. The molecule has 0 amide bonds. The van der Waals surface area contributed by atoms with Crippen molar-refractivity contribution in [2.45, 2.75) is 53.3 Å². The van der Waals surface area contributed by atoms with E-state index in [4.69, 9.17) is 14.0 Å². The number of nitrogens with one attached hydrogen (secondary N) is 2. The number of guanidine groups is 1. The fraction of sp³-hybridized carbons (Fsp3) is 0.545. The average Bonchev–Trinajstić information content (AvgIpc) is 3.20. The van der Waals surface area contributed by atoms with Crippen LogP contribution in [0.5, 0.6) is 0 Å². The molecule has 0 radical (unpaired) electrons. The van der Waals surface area contributed by atoms with Gasteiger partial charge in [-0.2, -0.15) is 0 Å². The number of hydrogen-bond donors (Lipinski definition) is 2. The normalized spacial score (nSPS) is 11.4. The molecule has 0 aliphatic rings. The predicted octanol–water partition coefficient (Wildman–Crippen LogP) is 4.22. The van der Waals surface area contributed by atoms with Gasteiger partial charge in [0.1, 0.15) is 0 Å². The van der Waals surface area contributed by atoms with Crippen LogP contribution in [0, 0.1) is 0 Å². The monoisotopic (exact) mass is 530 g/mol. The molecule has 1 aromatic heterocycles. The standard InChI is InChI=1S/C22H34N4O3.HI/c1-5-23-22(25-15-20-13-21(17(3)4)26-29-20)24-14-18-8-7-9-19(12-18)16-28-11-10-27-6-2;/h7-9,12-13,17H,5-6,10-11,14-16H2,1-4H3,(H2,23,24,25);1H. The van der Waals surface area contributed by atoms with Crippen LogP contribution in [0.1, 0.15) is 56.2 Å². The van der Waals surface area contributed by atoms with Crippen LogP contribution in [0.4, 0.5) is 0 Å². The highest BCUT2D eigenvalue weighted by atomic mass is 127.